The molecule has 20 heavy (non-hydrogen) atoms. The van der Waals surface area contributed by atoms with Gasteiger partial charge >= 0.3 is 0 Å². The lowest BCUT2D eigenvalue weighted by atomic mass is 10.1. The number of aromatic nitrogens is 1. The first-order valence-corrected chi connectivity index (χ1v) is 8.07. The summed E-state index contributed by atoms with van der Waals surface area (Å²) in [6.07, 6.45) is 5.07. The van der Waals surface area contributed by atoms with Crippen LogP contribution >= 0.6 is 11.3 Å². The van der Waals surface area contributed by atoms with Crippen LogP contribution in [0, 0.1) is 6.92 Å². The molecule has 1 unspecified atom stereocenters. The van der Waals surface area contributed by atoms with Crippen molar-refractivity contribution in [1.82, 2.24) is 15.2 Å². The van der Waals surface area contributed by atoms with Crippen LogP contribution in [0.1, 0.15) is 27.8 Å². The van der Waals surface area contributed by atoms with E-state index in [2.05, 4.69) is 40.3 Å². The van der Waals surface area contributed by atoms with Crippen molar-refractivity contribution < 1.29 is 0 Å². The normalized spacial score (nSPS) is 18.6. The van der Waals surface area contributed by atoms with Crippen molar-refractivity contribution >= 4 is 11.3 Å². The van der Waals surface area contributed by atoms with E-state index in [1.807, 2.05) is 29.8 Å². The van der Waals surface area contributed by atoms with Crippen molar-refractivity contribution in [3.05, 3.63) is 52.0 Å². The van der Waals surface area contributed by atoms with E-state index in [4.69, 9.17) is 0 Å². The maximum absolute atomic E-state index is 4.32. The molecule has 2 aromatic rings. The molecule has 3 rings (SSSR count). The number of nitrogens with one attached hydrogen (secondary N) is 1. The van der Waals surface area contributed by atoms with Gasteiger partial charge in [0.25, 0.3) is 0 Å². The van der Waals surface area contributed by atoms with Crippen LogP contribution in [0.25, 0.3) is 0 Å². The molecule has 106 valence electrons. The van der Waals surface area contributed by atoms with Gasteiger partial charge in [-0.25, -0.2) is 0 Å². The van der Waals surface area contributed by atoms with Crippen molar-refractivity contribution in [1.29, 1.82) is 0 Å². The van der Waals surface area contributed by atoms with Crippen LogP contribution in [-0.4, -0.2) is 36.1 Å². The van der Waals surface area contributed by atoms with E-state index in [1.54, 1.807) is 0 Å². The summed E-state index contributed by atoms with van der Waals surface area (Å²) in [6.45, 7) is 6.61. The third-order valence-electron chi connectivity index (χ3n) is 3.77. The van der Waals surface area contributed by atoms with Gasteiger partial charge in [0.05, 0.1) is 6.04 Å². The van der Waals surface area contributed by atoms with E-state index < -0.39 is 0 Å². The van der Waals surface area contributed by atoms with E-state index in [-0.39, 0.29) is 0 Å². The first kappa shape index (κ1) is 13.7. The molecule has 1 N–H and O–H groups in total. The Kier molecular flexibility index (Phi) is 4.45. The number of hydrogen-bond donors (Lipinski definition) is 1. The maximum atomic E-state index is 4.32. The van der Waals surface area contributed by atoms with E-state index in [0.29, 0.717) is 6.04 Å². The van der Waals surface area contributed by atoms with Gasteiger partial charge in [-0.15, -0.1) is 11.3 Å². The molecule has 2 aromatic heterocycles. The number of thiophene rings is 1. The highest BCUT2D eigenvalue weighted by molar-refractivity contribution is 7.12. The zero-order valence-electron chi connectivity index (χ0n) is 11.9. The Balaban J connectivity index is 1.94. The van der Waals surface area contributed by atoms with Crippen LogP contribution in [0.3, 0.4) is 0 Å². The molecule has 4 heteroatoms. The highest BCUT2D eigenvalue weighted by Crippen LogP contribution is 2.33. The van der Waals surface area contributed by atoms with Crippen molar-refractivity contribution in [2.24, 2.45) is 0 Å². The van der Waals surface area contributed by atoms with Gasteiger partial charge in [-0.1, -0.05) is 6.07 Å². The standard InChI is InChI=1S/C16H21N3S/c1-13-5-6-15(20-13)16(14-4-2-7-18-12-14)19-10-3-8-17-9-11-19/h2,4-7,12,16-17H,3,8-11H2,1H3. The van der Waals surface area contributed by atoms with Gasteiger partial charge < -0.3 is 5.32 Å². The zero-order valence-corrected chi connectivity index (χ0v) is 12.7. The SMILES string of the molecule is Cc1ccc(C(c2cccnc2)N2CCCNCC2)s1. The number of hydrogen-bond acceptors (Lipinski definition) is 4. The second kappa shape index (κ2) is 6.48. The largest absolute Gasteiger partial charge is 0.315 e. The van der Waals surface area contributed by atoms with Crippen LogP contribution < -0.4 is 5.32 Å². The fraction of sp³-hybridized carbons (Fsp3) is 0.438. The second-order valence-electron chi connectivity index (χ2n) is 5.28. The minimum Gasteiger partial charge on any atom is -0.315 e. The average Bonchev–Trinajstić information content (AvgIpc) is 2.74. The summed E-state index contributed by atoms with van der Waals surface area (Å²) in [6, 6.07) is 9.08. The quantitative estimate of drug-likeness (QED) is 0.941. The second-order valence-corrected chi connectivity index (χ2v) is 6.60. The first-order valence-electron chi connectivity index (χ1n) is 7.25. The number of aryl methyl sites for hydroxylation is 1. The van der Waals surface area contributed by atoms with Crippen LogP contribution in [0.5, 0.6) is 0 Å². The molecule has 0 amide bonds. The van der Waals surface area contributed by atoms with Gasteiger partial charge in [-0.2, -0.15) is 0 Å². The summed E-state index contributed by atoms with van der Waals surface area (Å²) in [4.78, 5) is 9.71. The minimum atomic E-state index is 0.349. The highest BCUT2D eigenvalue weighted by Gasteiger charge is 2.24. The van der Waals surface area contributed by atoms with Crippen molar-refractivity contribution in [3.63, 3.8) is 0 Å². The molecular formula is C16H21N3S. The van der Waals surface area contributed by atoms with Gasteiger partial charge in [0.1, 0.15) is 0 Å². The third kappa shape index (κ3) is 3.08. The Morgan fingerprint density at radius 2 is 2.20 bits per heavy atom. The molecule has 0 aromatic carbocycles. The molecule has 1 saturated heterocycles. The molecule has 0 aliphatic carbocycles. The fourth-order valence-corrected chi connectivity index (χ4v) is 3.86. The molecular weight excluding hydrogens is 266 g/mol. The number of nitrogens with zero attached hydrogens (tertiary/aromatic N) is 2. The van der Waals surface area contributed by atoms with Crippen molar-refractivity contribution in [3.8, 4) is 0 Å². The molecule has 0 saturated carbocycles. The van der Waals surface area contributed by atoms with Crippen LogP contribution in [0.15, 0.2) is 36.7 Å². The summed E-state index contributed by atoms with van der Waals surface area (Å²) in [7, 11) is 0. The Hall–Kier alpha value is -1.23. The topological polar surface area (TPSA) is 28.2 Å². The van der Waals surface area contributed by atoms with Crippen molar-refractivity contribution in [2.45, 2.75) is 19.4 Å². The molecule has 3 nitrogen and oxygen atoms in total. The predicted octanol–water partition coefficient (Wildman–Crippen LogP) is 2.84. The van der Waals surface area contributed by atoms with E-state index >= 15 is 0 Å². The maximum Gasteiger partial charge on any atom is 0.0711 e. The highest BCUT2D eigenvalue weighted by atomic mass is 32.1. The Morgan fingerprint density at radius 1 is 1.25 bits per heavy atom. The lowest BCUT2D eigenvalue weighted by Crippen LogP contribution is -2.32. The molecule has 1 aliphatic heterocycles. The molecule has 0 bridgehead atoms. The van der Waals surface area contributed by atoms with Crippen LogP contribution in [-0.2, 0) is 0 Å². The van der Waals surface area contributed by atoms with Gasteiger partial charge in [0, 0.05) is 41.8 Å². The molecule has 0 radical (unpaired) electrons. The van der Waals surface area contributed by atoms with Gasteiger partial charge in [-0.3, -0.25) is 9.88 Å². The van der Waals surface area contributed by atoms with E-state index in [1.165, 1.54) is 21.7 Å². The van der Waals surface area contributed by atoms with Gasteiger partial charge in [0.2, 0.25) is 0 Å². The lowest BCUT2D eigenvalue weighted by molar-refractivity contribution is 0.243. The Bertz CT molecular complexity index is 530. The fourth-order valence-electron chi connectivity index (χ4n) is 2.82. The smallest absolute Gasteiger partial charge is 0.0711 e. The van der Waals surface area contributed by atoms with E-state index in [0.717, 1.165) is 26.2 Å². The molecule has 3 heterocycles. The minimum absolute atomic E-state index is 0.349. The predicted molar refractivity (Wildman–Crippen MR) is 84.2 cm³/mol. The van der Waals surface area contributed by atoms with Gasteiger partial charge in [-0.05, 0) is 43.7 Å². The first-order chi connectivity index (χ1) is 9.84. The average molecular weight is 287 g/mol. The summed E-state index contributed by atoms with van der Waals surface area (Å²) in [5, 5.41) is 3.49. The summed E-state index contributed by atoms with van der Waals surface area (Å²) < 4.78 is 0. The zero-order chi connectivity index (χ0) is 13.8. The molecule has 1 fully saturated rings. The summed E-state index contributed by atoms with van der Waals surface area (Å²) >= 11 is 1.90. The van der Waals surface area contributed by atoms with Crippen LogP contribution in [0.4, 0.5) is 0 Å². The van der Waals surface area contributed by atoms with Gasteiger partial charge in [0.15, 0.2) is 0 Å². The van der Waals surface area contributed by atoms with Crippen molar-refractivity contribution in [2.75, 3.05) is 26.2 Å². The van der Waals surface area contributed by atoms with Crippen LogP contribution in [0.2, 0.25) is 0 Å². The Morgan fingerprint density at radius 3 is 2.95 bits per heavy atom. The molecule has 1 atom stereocenters. The van der Waals surface area contributed by atoms with E-state index in [9.17, 15) is 0 Å². The lowest BCUT2D eigenvalue weighted by Gasteiger charge is -2.29. The monoisotopic (exact) mass is 287 g/mol. The summed E-state index contributed by atoms with van der Waals surface area (Å²) in [5.41, 5.74) is 1.30. The molecule has 1 aliphatic rings. The summed E-state index contributed by atoms with van der Waals surface area (Å²) in [5.74, 6) is 0. The Labute approximate surface area is 124 Å². The third-order valence-corrected chi connectivity index (χ3v) is 4.82. The molecule has 0 spiro atoms. The number of pyridine rings is 1. The number of rotatable bonds is 3.